The van der Waals surface area contributed by atoms with Crippen molar-refractivity contribution in [1.29, 1.82) is 0 Å². The van der Waals surface area contributed by atoms with E-state index >= 15 is 0 Å². The maximum Gasteiger partial charge on any atom is 0.309 e. The second-order valence-corrected chi connectivity index (χ2v) is 5.52. The molecule has 0 amide bonds. The first-order valence-electron chi connectivity index (χ1n) is 5.90. The number of piperidine rings is 1. The Hall–Kier alpha value is -0.940. The van der Waals surface area contributed by atoms with Crippen LogP contribution in [0.2, 0.25) is 0 Å². The first kappa shape index (κ1) is 12.5. The van der Waals surface area contributed by atoms with Crippen molar-refractivity contribution in [2.45, 2.75) is 26.3 Å². The normalized spacial score (nSPS) is 21.4. The zero-order chi connectivity index (χ0) is 12.3. The van der Waals surface area contributed by atoms with Gasteiger partial charge < -0.3 is 4.74 Å². The van der Waals surface area contributed by atoms with E-state index in [2.05, 4.69) is 15.3 Å². The second-order valence-electron chi connectivity index (χ2n) is 4.46. The molecule has 0 bridgehead atoms. The lowest BCUT2D eigenvalue weighted by Crippen LogP contribution is -2.38. The molecule has 1 unspecified atom stereocenters. The lowest BCUT2D eigenvalue weighted by Gasteiger charge is -2.30. The van der Waals surface area contributed by atoms with Gasteiger partial charge in [-0.15, -0.1) is 11.3 Å². The van der Waals surface area contributed by atoms with Gasteiger partial charge in [0.15, 0.2) is 0 Å². The summed E-state index contributed by atoms with van der Waals surface area (Å²) in [7, 11) is 1.46. The SMILES string of the molecule is COC(=O)C1CCCN(Cc2csc(C)n2)C1. The van der Waals surface area contributed by atoms with Crippen LogP contribution >= 0.6 is 11.3 Å². The van der Waals surface area contributed by atoms with Crippen molar-refractivity contribution >= 4 is 17.3 Å². The molecule has 0 radical (unpaired) electrons. The van der Waals surface area contributed by atoms with Crippen molar-refractivity contribution in [3.63, 3.8) is 0 Å². The maximum absolute atomic E-state index is 11.5. The van der Waals surface area contributed by atoms with E-state index < -0.39 is 0 Å². The monoisotopic (exact) mass is 254 g/mol. The fourth-order valence-electron chi connectivity index (χ4n) is 2.27. The summed E-state index contributed by atoms with van der Waals surface area (Å²) in [5, 5.41) is 3.19. The van der Waals surface area contributed by atoms with Crippen molar-refractivity contribution in [2.24, 2.45) is 5.92 Å². The number of esters is 1. The van der Waals surface area contributed by atoms with Crippen LogP contribution in [0.15, 0.2) is 5.38 Å². The molecular weight excluding hydrogens is 236 g/mol. The molecule has 1 fully saturated rings. The molecule has 94 valence electrons. The molecule has 0 N–H and O–H groups in total. The van der Waals surface area contributed by atoms with Crippen molar-refractivity contribution in [2.75, 3.05) is 20.2 Å². The molecule has 17 heavy (non-hydrogen) atoms. The van der Waals surface area contributed by atoms with Crippen LogP contribution in [0.3, 0.4) is 0 Å². The molecule has 2 rings (SSSR count). The number of thiazole rings is 1. The Bertz CT molecular complexity index is 392. The number of aromatic nitrogens is 1. The van der Waals surface area contributed by atoms with Crippen molar-refractivity contribution in [3.05, 3.63) is 16.1 Å². The number of hydrogen-bond acceptors (Lipinski definition) is 5. The van der Waals surface area contributed by atoms with Crippen LogP contribution in [-0.2, 0) is 16.1 Å². The van der Waals surface area contributed by atoms with Crippen LogP contribution in [-0.4, -0.2) is 36.1 Å². The van der Waals surface area contributed by atoms with Crippen LogP contribution < -0.4 is 0 Å². The van der Waals surface area contributed by atoms with Crippen LogP contribution in [0.1, 0.15) is 23.5 Å². The average Bonchev–Trinajstić information content (AvgIpc) is 2.74. The molecule has 5 heteroatoms. The van der Waals surface area contributed by atoms with Gasteiger partial charge in [-0.25, -0.2) is 4.98 Å². The largest absolute Gasteiger partial charge is 0.469 e. The van der Waals surface area contributed by atoms with Crippen molar-refractivity contribution in [3.8, 4) is 0 Å². The maximum atomic E-state index is 11.5. The van der Waals surface area contributed by atoms with Crippen molar-refractivity contribution in [1.82, 2.24) is 9.88 Å². The average molecular weight is 254 g/mol. The third kappa shape index (κ3) is 3.26. The third-order valence-electron chi connectivity index (χ3n) is 3.09. The van der Waals surface area contributed by atoms with E-state index in [0.717, 1.165) is 43.2 Å². The highest BCUT2D eigenvalue weighted by molar-refractivity contribution is 7.09. The first-order chi connectivity index (χ1) is 8.19. The van der Waals surface area contributed by atoms with Gasteiger partial charge in [-0.3, -0.25) is 9.69 Å². The van der Waals surface area contributed by atoms with E-state index in [1.54, 1.807) is 11.3 Å². The Morgan fingerprint density at radius 2 is 2.53 bits per heavy atom. The standard InChI is InChI=1S/C12H18N2O2S/c1-9-13-11(8-17-9)7-14-5-3-4-10(6-14)12(15)16-2/h8,10H,3-7H2,1-2H3. The molecular formula is C12H18N2O2S. The molecule has 0 aromatic carbocycles. The van der Waals surface area contributed by atoms with E-state index in [9.17, 15) is 4.79 Å². The molecule has 1 aliphatic rings. The van der Waals surface area contributed by atoms with Gasteiger partial charge in [0.1, 0.15) is 0 Å². The minimum Gasteiger partial charge on any atom is -0.469 e. The summed E-state index contributed by atoms with van der Waals surface area (Å²) in [4.78, 5) is 18.3. The summed E-state index contributed by atoms with van der Waals surface area (Å²) in [6, 6.07) is 0. The topological polar surface area (TPSA) is 42.4 Å². The second kappa shape index (κ2) is 5.60. The molecule has 1 saturated heterocycles. The quantitative estimate of drug-likeness (QED) is 0.772. The van der Waals surface area contributed by atoms with Gasteiger partial charge in [0.25, 0.3) is 0 Å². The number of carbonyl (C=O) groups is 1. The zero-order valence-electron chi connectivity index (χ0n) is 10.3. The Morgan fingerprint density at radius 3 is 3.18 bits per heavy atom. The number of likely N-dealkylation sites (tertiary alicyclic amines) is 1. The lowest BCUT2D eigenvalue weighted by atomic mass is 9.98. The van der Waals surface area contributed by atoms with E-state index in [1.165, 1.54) is 7.11 Å². The van der Waals surface area contributed by atoms with E-state index in [-0.39, 0.29) is 11.9 Å². The number of nitrogens with zero attached hydrogens (tertiary/aromatic N) is 2. The molecule has 0 saturated carbocycles. The van der Waals surface area contributed by atoms with Gasteiger partial charge in [-0.2, -0.15) is 0 Å². The highest BCUT2D eigenvalue weighted by atomic mass is 32.1. The summed E-state index contributed by atoms with van der Waals surface area (Å²) >= 11 is 1.68. The minimum atomic E-state index is -0.0795. The summed E-state index contributed by atoms with van der Waals surface area (Å²) in [6.45, 7) is 4.70. The molecule has 1 aliphatic heterocycles. The Morgan fingerprint density at radius 1 is 1.71 bits per heavy atom. The summed E-state index contributed by atoms with van der Waals surface area (Å²) in [5.41, 5.74) is 1.11. The summed E-state index contributed by atoms with van der Waals surface area (Å²) in [6.07, 6.45) is 2.00. The number of methoxy groups -OCH3 is 1. The van der Waals surface area contributed by atoms with E-state index in [0.29, 0.717) is 0 Å². The van der Waals surface area contributed by atoms with Gasteiger partial charge in [0.05, 0.1) is 23.7 Å². The molecule has 1 aromatic rings. The van der Waals surface area contributed by atoms with Crippen LogP contribution in [0, 0.1) is 12.8 Å². The summed E-state index contributed by atoms with van der Waals surface area (Å²) in [5.74, 6) is -0.0439. The fraction of sp³-hybridized carbons (Fsp3) is 0.667. The summed E-state index contributed by atoms with van der Waals surface area (Å²) < 4.78 is 4.81. The van der Waals surface area contributed by atoms with E-state index in [4.69, 9.17) is 4.74 Å². The number of rotatable bonds is 3. The number of aryl methyl sites for hydroxylation is 1. The number of ether oxygens (including phenoxy) is 1. The molecule has 1 aromatic heterocycles. The Kier molecular flexibility index (Phi) is 4.12. The number of carbonyl (C=O) groups excluding carboxylic acids is 1. The smallest absolute Gasteiger partial charge is 0.309 e. The predicted octanol–water partition coefficient (Wildman–Crippen LogP) is 1.84. The van der Waals surface area contributed by atoms with Gasteiger partial charge >= 0.3 is 5.97 Å². The van der Waals surface area contributed by atoms with Crippen LogP contribution in [0.5, 0.6) is 0 Å². The molecule has 0 aliphatic carbocycles. The minimum absolute atomic E-state index is 0.0356. The van der Waals surface area contributed by atoms with Crippen LogP contribution in [0.4, 0.5) is 0 Å². The first-order valence-corrected chi connectivity index (χ1v) is 6.78. The number of hydrogen-bond donors (Lipinski definition) is 0. The van der Waals surface area contributed by atoms with E-state index in [1.807, 2.05) is 6.92 Å². The molecule has 1 atom stereocenters. The van der Waals surface area contributed by atoms with Crippen molar-refractivity contribution < 1.29 is 9.53 Å². The Labute approximate surface area is 106 Å². The van der Waals surface area contributed by atoms with Gasteiger partial charge in [-0.1, -0.05) is 0 Å². The highest BCUT2D eigenvalue weighted by Gasteiger charge is 2.26. The van der Waals surface area contributed by atoms with Gasteiger partial charge in [0.2, 0.25) is 0 Å². The molecule has 0 spiro atoms. The highest BCUT2D eigenvalue weighted by Crippen LogP contribution is 2.20. The Balaban J connectivity index is 1.91. The van der Waals surface area contributed by atoms with Gasteiger partial charge in [-0.05, 0) is 26.3 Å². The van der Waals surface area contributed by atoms with Gasteiger partial charge in [0, 0.05) is 18.5 Å². The zero-order valence-corrected chi connectivity index (χ0v) is 11.1. The fourth-order valence-corrected chi connectivity index (χ4v) is 2.87. The molecule has 4 nitrogen and oxygen atoms in total. The third-order valence-corrected chi connectivity index (χ3v) is 3.91. The predicted molar refractivity (Wildman–Crippen MR) is 66.9 cm³/mol. The van der Waals surface area contributed by atoms with Crippen LogP contribution in [0.25, 0.3) is 0 Å². The lowest BCUT2D eigenvalue weighted by molar-refractivity contribution is -0.147. The molecule has 2 heterocycles.